The molecule has 1 aliphatic heterocycles. The second kappa shape index (κ2) is 7.06. The Morgan fingerprint density at radius 2 is 2.00 bits per heavy atom. The Labute approximate surface area is 140 Å². The third-order valence-electron chi connectivity index (χ3n) is 4.34. The van der Waals surface area contributed by atoms with Gasteiger partial charge in [0, 0.05) is 32.8 Å². The van der Waals surface area contributed by atoms with Crippen LogP contribution in [0.5, 0.6) is 0 Å². The second-order valence-corrected chi connectivity index (χ2v) is 7.59. The van der Waals surface area contributed by atoms with Crippen molar-refractivity contribution in [3.63, 3.8) is 0 Å². The van der Waals surface area contributed by atoms with Gasteiger partial charge in [-0.2, -0.15) is 17.4 Å². The molecule has 0 amide bonds. The third-order valence-corrected chi connectivity index (χ3v) is 5.96. The first-order valence-electron chi connectivity index (χ1n) is 7.96. The first kappa shape index (κ1) is 17.2. The molecule has 2 aromatic rings. The van der Waals surface area contributed by atoms with Gasteiger partial charge >= 0.3 is 5.69 Å². The zero-order valence-electron chi connectivity index (χ0n) is 13.6. The molecule has 0 aliphatic carbocycles. The molecule has 132 valence electrons. The lowest BCUT2D eigenvalue weighted by Gasteiger charge is -2.31. The number of nitrogens with one attached hydrogen (secondary N) is 2. The number of nitrogens with zero attached hydrogens (tertiary/aromatic N) is 2. The maximum absolute atomic E-state index is 12.2. The maximum atomic E-state index is 12.2. The summed E-state index contributed by atoms with van der Waals surface area (Å²) in [4.78, 5) is 15.1. The lowest BCUT2D eigenvalue weighted by molar-refractivity contribution is 0.203. The van der Waals surface area contributed by atoms with E-state index in [1.807, 2.05) is 24.3 Å². The van der Waals surface area contributed by atoms with Crippen LogP contribution in [0.4, 0.5) is 0 Å². The van der Waals surface area contributed by atoms with Crippen molar-refractivity contribution in [1.82, 2.24) is 18.6 Å². The largest absolute Gasteiger partial charge is 0.383 e. The van der Waals surface area contributed by atoms with E-state index < -0.39 is 10.2 Å². The van der Waals surface area contributed by atoms with Gasteiger partial charge in [0.05, 0.1) is 17.6 Å². The Bertz CT molecular complexity index is 850. The molecular weight excluding hydrogens is 332 g/mol. The number of methoxy groups -OCH3 is 1. The molecule has 2 heterocycles. The van der Waals surface area contributed by atoms with Crippen LogP contribution in [0.2, 0.25) is 0 Å². The molecule has 3 rings (SSSR count). The molecule has 0 atom stereocenters. The van der Waals surface area contributed by atoms with Crippen molar-refractivity contribution in [3.05, 3.63) is 34.7 Å². The summed E-state index contributed by atoms with van der Waals surface area (Å²) < 4.78 is 35.0. The van der Waals surface area contributed by atoms with E-state index in [0.29, 0.717) is 32.5 Å². The van der Waals surface area contributed by atoms with E-state index in [-0.39, 0.29) is 18.3 Å². The topological polar surface area (TPSA) is 96.4 Å². The number of fused-ring (bicyclic) bond motifs is 1. The standard InChI is InChI=1S/C15H22N4O4S/c1-23-11-8-16-24(21,22)18-9-6-12(7-10-18)19-14-5-3-2-4-13(14)17-15(19)20/h2-5,12,16H,6-11H2,1H3,(H,17,20). The predicted molar refractivity (Wildman–Crippen MR) is 91.2 cm³/mol. The number of piperidine rings is 1. The van der Waals surface area contributed by atoms with Crippen molar-refractivity contribution in [2.24, 2.45) is 0 Å². The summed E-state index contributed by atoms with van der Waals surface area (Å²) >= 11 is 0. The van der Waals surface area contributed by atoms with Crippen molar-refractivity contribution >= 4 is 21.2 Å². The van der Waals surface area contributed by atoms with E-state index >= 15 is 0 Å². The number of rotatable bonds is 6. The minimum atomic E-state index is -3.49. The van der Waals surface area contributed by atoms with Crippen LogP contribution in [-0.2, 0) is 14.9 Å². The Morgan fingerprint density at radius 3 is 2.71 bits per heavy atom. The van der Waals surface area contributed by atoms with Gasteiger partial charge in [-0.1, -0.05) is 12.1 Å². The summed E-state index contributed by atoms with van der Waals surface area (Å²) in [6, 6.07) is 7.54. The quantitative estimate of drug-likeness (QED) is 0.736. The highest BCUT2D eigenvalue weighted by atomic mass is 32.2. The molecule has 1 aliphatic rings. The molecule has 24 heavy (non-hydrogen) atoms. The summed E-state index contributed by atoms with van der Waals surface area (Å²) in [7, 11) is -1.97. The van der Waals surface area contributed by atoms with Gasteiger partial charge in [0.1, 0.15) is 0 Å². The minimum absolute atomic E-state index is 0.000856. The van der Waals surface area contributed by atoms with Gasteiger partial charge in [-0.05, 0) is 25.0 Å². The van der Waals surface area contributed by atoms with Crippen LogP contribution < -0.4 is 10.4 Å². The molecule has 0 radical (unpaired) electrons. The molecular formula is C15H22N4O4S. The summed E-state index contributed by atoms with van der Waals surface area (Å²) in [5.41, 5.74) is 1.52. The monoisotopic (exact) mass is 354 g/mol. The van der Waals surface area contributed by atoms with Gasteiger partial charge < -0.3 is 9.72 Å². The number of ether oxygens (including phenoxy) is 1. The zero-order chi connectivity index (χ0) is 17.2. The highest BCUT2D eigenvalue weighted by molar-refractivity contribution is 7.87. The van der Waals surface area contributed by atoms with Crippen molar-refractivity contribution < 1.29 is 13.2 Å². The molecule has 1 saturated heterocycles. The Kier molecular flexibility index (Phi) is 5.04. The average molecular weight is 354 g/mol. The summed E-state index contributed by atoms with van der Waals surface area (Å²) in [6.45, 7) is 1.36. The SMILES string of the molecule is COCCNS(=O)(=O)N1CCC(n2c(=O)[nH]c3ccccc32)CC1. The number of H-pyrrole nitrogens is 1. The van der Waals surface area contributed by atoms with E-state index in [4.69, 9.17) is 4.74 Å². The molecule has 0 unspecified atom stereocenters. The van der Waals surface area contributed by atoms with Crippen molar-refractivity contribution in [2.75, 3.05) is 33.4 Å². The second-order valence-electron chi connectivity index (χ2n) is 5.84. The summed E-state index contributed by atoms with van der Waals surface area (Å²) in [6.07, 6.45) is 1.21. The number of benzene rings is 1. The molecule has 8 nitrogen and oxygen atoms in total. The van der Waals surface area contributed by atoms with Crippen LogP contribution in [0.15, 0.2) is 29.1 Å². The minimum Gasteiger partial charge on any atom is -0.383 e. The van der Waals surface area contributed by atoms with Crippen molar-refractivity contribution in [2.45, 2.75) is 18.9 Å². The van der Waals surface area contributed by atoms with Gasteiger partial charge in [-0.25, -0.2) is 4.79 Å². The number of aromatic amines is 1. The highest BCUT2D eigenvalue weighted by Crippen LogP contribution is 2.25. The van der Waals surface area contributed by atoms with Gasteiger partial charge in [0.25, 0.3) is 10.2 Å². The van der Waals surface area contributed by atoms with Crippen molar-refractivity contribution in [3.8, 4) is 0 Å². The van der Waals surface area contributed by atoms with Crippen molar-refractivity contribution in [1.29, 1.82) is 0 Å². The van der Waals surface area contributed by atoms with E-state index in [1.165, 1.54) is 11.4 Å². The predicted octanol–water partition coefficient (Wildman–Crippen LogP) is 0.447. The number of para-hydroxylation sites is 2. The molecule has 0 bridgehead atoms. The van der Waals surface area contributed by atoms with Crippen LogP contribution in [0.1, 0.15) is 18.9 Å². The molecule has 0 spiro atoms. The summed E-state index contributed by atoms with van der Waals surface area (Å²) in [5.74, 6) is 0. The molecule has 9 heteroatoms. The van der Waals surface area contributed by atoms with Gasteiger partial charge in [-0.3, -0.25) is 4.57 Å². The van der Waals surface area contributed by atoms with Gasteiger partial charge in [0.2, 0.25) is 0 Å². The number of hydrogen-bond acceptors (Lipinski definition) is 4. The first-order chi connectivity index (χ1) is 11.5. The molecule has 1 fully saturated rings. The molecule has 0 saturated carbocycles. The smallest absolute Gasteiger partial charge is 0.326 e. The molecule has 1 aromatic heterocycles. The van der Waals surface area contributed by atoms with Gasteiger partial charge in [-0.15, -0.1) is 0 Å². The summed E-state index contributed by atoms with van der Waals surface area (Å²) in [5, 5.41) is 0. The Morgan fingerprint density at radius 1 is 1.29 bits per heavy atom. The Hall–Kier alpha value is -1.68. The fourth-order valence-corrected chi connectivity index (χ4v) is 4.36. The molecule has 2 N–H and O–H groups in total. The fraction of sp³-hybridized carbons (Fsp3) is 0.533. The van der Waals surface area contributed by atoms with E-state index in [9.17, 15) is 13.2 Å². The normalized spacial score (nSPS) is 17.5. The number of imidazole rings is 1. The average Bonchev–Trinajstić information content (AvgIpc) is 2.91. The third kappa shape index (κ3) is 3.39. The van der Waals surface area contributed by atoms with Crippen LogP contribution in [0, 0.1) is 0 Å². The lowest BCUT2D eigenvalue weighted by Crippen LogP contribution is -2.46. The number of aromatic nitrogens is 2. The number of hydrogen-bond donors (Lipinski definition) is 2. The van der Waals surface area contributed by atoms with E-state index in [2.05, 4.69) is 9.71 Å². The van der Waals surface area contributed by atoms with E-state index in [0.717, 1.165) is 11.0 Å². The van der Waals surface area contributed by atoms with Crippen LogP contribution in [0.3, 0.4) is 0 Å². The van der Waals surface area contributed by atoms with Gasteiger partial charge in [0.15, 0.2) is 0 Å². The maximum Gasteiger partial charge on any atom is 0.326 e. The lowest BCUT2D eigenvalue weighted by atomic mass is 10.1. The Balaban J connectivity index is 1.71. The van der Waals surface area contributed by atoms with Crippen LogP contribution in [0.25, 0.3) is 11.0 Å². The fourth-order valence-electron chi connectivity index (χ4n) is 3.14. The van der Waals surface area contributed by atoms with Crippen LogP contribution >= 0.6 is 0 Å². The van der Waals surface area contributed by atoms with E-state index in [1.54, 1.807) is 4.57 Å². The first-order valence-corrected chi connectivity index (χ1v) is 9.40. The zero-order valence-corrected chi connectivity index (χ0v) is 14.4. The highest BCUT2D eigenvalue weighted by Gasteiger charge is 2.29. The van der Waals surface area contributed by atoms with Crippen LogP contribution in [-0.4, -0.2) is 55.6 Å². The molecule has 1 aromatic carbocycles.